The maximum absolute atomic E-state index is 12.5. The number of amides is 1. The topological polar surface area (TPSA) is 64.4 Å². The van der Waals surface area contributed by atoms with E-state index in [0.29, 0.717) is 17.1 Å². The van der Waals surface area contributed by atoms with E-state index in [2.05, 4.69) is 10.3 Å². The molecule has 1 aromatic carbocycles. The zero-order valence-electron chi connectivity index (χ0n) is 13.5. The summed E-state index contributed by atoms with van der Waals surface area (Å²) in [5, 5.41) is 2.92. The van der Waals surface area contributed by atoms with Crippen molar-refractivity contribution >= 4 is 5.91 Å². The zero-order valence-corrected chi connectivity index (χ0v) is 13.5. The first-order chi connectivity index (χ1) is 11.7. The molecule has 5 heteroatoms. The van der Waals surface area contributed by atoms with E-state index in [-0.39, 0.29) is 11.9 Å². The van der Waals surface area contributed by atoms with Gasteiger partial charge in [0.25, 0.3) is 5.91 Å². The number of furan rings is 1. The van der Waals surface area contributed by atoms with Crippen LogP contribution >= 0.6 is 0 Å². The number of rotatable bonds is 5. The Morgan fingerprint density at radius 2 is 2.08 bits per heavy atom. The summed E-state index contributed by atoms with van der Waals surface area (Å²) in [5.74, 6) is 1.20. The minimum Gasteiger partial charge on any atom is -0.496 e. The normalized spacial score (nSPS) is 11.8. The number of ether oxygens (including phenoxy) is 1. The Labute approximate surface area is 140 Å². The quantitative estimate of drug-likeness (QED) is 0.775. The van der Waals surface area contributed by atoms with Gasteiger partial charge in [-0.3, -0.25) is 9.78 Å². The first-order valence-electron chi connectivity index (χ1n) is 7.62. The molecule has 24 heavy (non-hydrogen) atoms. The third-order valence-corrected chi connectivity index (χ3v) is 3.72. The molecule has 0 aliphatic heterocycles. The standard InChI is InChI=1S/C19H18N2O3/c1-13(17-7-5-11-24-17)21-19(22)14-8-9-18(23-2)15(12-14)16-6-3-4-10-20-16/h3-13H,1-2H3,(H,21,22). The number of hydrogen-bond donors (Lipinski definition) is 1. The molecule has 0 spiro atoms. The fourth-order valence-corrected chi connectivity index (χ4v) is 2.46. The molecule has 1 N–H and O–H groups in total. The third kappa shape index (κ3) is 3.30. The highest BCUT2D eigenvalue weighted by Crippen LogP contribution is 2.29. The number of nitrogens with one attached hydrogen (secondary N) is 1. The Hall–Kier alpha value is -3.08. The van der Waals surface area contributed by atoms with Crippen molar-refractivity contribution in [3.63, 3.8) is 0 Å². The Morgan fingerprint density at radius 1 is 1.21 bits per heavy atom. The summed E-state index contributed by atoms with van der Waals surface area (Å²) >= 11 is 0. The second kappa shape index (κ2) is 7.00. The van der Waals surface area contributed by atoms with Gasteiger partial charge in [0.15, 0.2) is 0 Å². The molecule has 5 nitrogen and oxygen atoms in total. The fraction of sp³-hybridized carbons (Fsp3) is 0.158. The van der Waals surface area contributed by atoms with E-state index in [9.17, 15) is 4.79 Å². The SMILES string of the molecule is COc1ccc(C(=O)NC(C)c2ccco2)cc1-c1ccccn1. The lowest BCUT2D eigenvalue weighted by Crippen LogP contribution is -2.26. The van der Waals surface area contributed by atoms with E-state index >= 15 is 0 Å². The van der Waals surface area contributed by atoms with E-state index in [4.69, 9.17) is 9.15 Å². The highest BCUT2D eigenvalue weighted by molar-refractivity contribution is 5.96. The monoisotopic (exact) mass is 322 g/mol. The number of carbonyl (C=O) groups is 1. The summed E-state index contributed by atoms with van der Waals surface area (Å²) in [6.45, 7) is 1.87. The van der Waals surface area contributed by atoms with Crippen LogP contribution in [0.2, 0.25) is 0 Å². The molecule has 3 aromatic rings. The van der Waals surface area contributed by atoms with Crippen LogP contribution in [0.1, 0.15) is 29.1 Å². The Bertz CT molecular complexity index is 814. The summed E-state index contributed by atoms with van der Waals surface area (Å²) in [5.41, 5.74) is 2.06. The molecule has 0 bridgehead atoms. The van der Waals surface area contributed by atoms with Crippen molar-refractivity contribution < 1.29 is 13.9 Å². The lowest BCUT2D eigenvalue weighted by Gasteiger charge is -2.13. The van der Waals surface area contributed by atoms with Gasteiger partial charge in [-0.05, 0) is 49.4 Å². The average Bonchev–Trinajstić information content (AvgIpc) is 3.16. The number of benzene rings is 1. The van der Waals surface area contributed by atoms with Gasteiger partial charge in [0, 0.05) is 17.3 Å². The third-order valence-electron chi connectivity index (χ3n) is 3.72. The number of carbonyl (C=O) groups excluding carboxylic acids is 1. The number of nitrogens with zero attached hydrogens (tertiary/aromatic N) is 1. The van der Waals surface area contributed by atoms with Crippen LogP contribution in [0.3, 0.4) is 0 Å². The van der Waals surface area contributed by atoms with Crippen molar-refractivity contribution in [1.82, 2.24) is 10.3 Å². The molecule has 0 radical (unpaired) electrons. The summed E-state index contributed by atoms with van der Waals surface area (Å²) < 4.78 is 10.7. The van der Waals surface area contributed by atoms with E-state index in [1.54, 1.807) is 43.8 Å². The van der Waals surface area contributed by atoms with Crippen LogP contribution in [0.15, 0.2) is 65.4 Å². The van der Waals surface area contributed by atoms with E-state index in [1.807, 2.05) is 31.2 Å². The van der Waals surface area contributed by atoms with Gasteiger partial charge < -0.3 is 14.5 Å². The van der Waals surface area contributed by atoms with E-state index in [1.165, 1.54) is 0 Å². The van der Waals surface area contributed by atoms with Gasteiger partial charge in [-0.15, -0.1) is 0 Å². The summed E-state index contributed by atoms with van der Waals surface area (Å²) in [6, 6.07) is 14.3. The molecule has 1 amide bonds. The van der Waals surface area contributed by atoms with Crippen LogP contribution in [-0.4, -0.2) is 18.0 Å². The van der Waals surface area contributed by atoms with E-state index in [0.717, 1.165) is 11.3 Å². The lowest BCUT2D eigenvalue weighted by molar-refractivity contribution is 0.0935. The molecule has 0 fully saturated rings. The Morgan fingerprint density at radius 3 is 2.75 bits per heavy atom. The first kappa shape index (κ1) is 15.8. The summed E-state index contributed by atoms with van der Waals surface area (Å²) in [4.78, 5) is 16.9. The maximum Gasteiger partial charge on any atom is 0.251 e. The van der Waals surface area contributed by atoms with Crippen molar-refractivity contribution in [3.05, 3.63) is 72.3 Å². The molecule has 122 valence electrons. The largest absolute Gasteiger partial charge is 0.496 e. The molecular formula is C19H18N2O3. The van der Waals surface area contributed by atoms with E-state index < -0.39 is 0 Å². The predicted octanol–water partition coefficient (Wildman–Crippen LogP) is 3.84. The molecule has 1 unspecified atom stereocenters. The van der Waals surface area contributed by atoms with Gasteiger partial charge in [-0.1, -0.05) is 6.07 Å². The number of pyridine rings is 1. The molecule has 3 rings (SSSR count). The second-order valence-corrected chi connectivity index (χ2v) is 5.34. The number of methoxy groups -OCH3 is 1. The predicted molar refractivity (Wildman–Crippen MR) is 90.8 cm³/mol. The molecule has 0 saturated carbocycles. The van der Waals surface area contributed by atoms with Gasteiger partial charge in [0.05, 0.1) is 25.1 Å². The zero-order chi connectivity index (χ0) is 16.9. The van der Waals surface area contributed by atoms with Gasteiger partial charge >= 0.3 is 0 Å². The van der Waals surface area contributed by atoms with Crippen molar-refractivity contribution in [2.24, 2.45) is 0 Å². The molecule has 0 aliphatic rings. The first-order valence-corrected chi connectivity index (χ1v) is 7.62. The van der Waals surface area contributed by atoms with Crippen LogP contribution in [0, 0.1) is 0 Å². The fourth-order valence-electron chi connectivity index (χ4n) is 2.46. The highest BCUT2D eigenvalue weighted by Gasteiger charge is 2.16. The molecule has 0 aliphatic carbocycles. The second-order valence-electron chi connectivity index (χ2n) is 5.34. The highest BCUT2D eigenvalue weighted by atomic mass is 16.5. The molecule has 0 saturated heterocycles. The Balaban J connectivity index is 1.87. The Kier molecular flexibility index (Phi) is 4.61. The number of aromatic nitrogens is 1. The molecular weight excluding hydrogens is 304 g/mol. The van der Waals surface area contributed by atoms with Crippen molar-refractivity contribution in [1.29, 1.82) is 0 Å². The van der Waals surface area contributed by atoms with Crippen LogP contribution in [0.4, 0.5) is 0 Å². The van der Waals surface area contributed by atoms with Crippen LogP contribution in [0.5, 0.6) is 5.75 Å². The average molecular weight is 322 g/mol. The minimum absolute atomic E-state index is 0.182. The van der Waals surface area contributed by atoms with Gasteiger partial charge in [0.1, 0.15) is 11.5 Å². The van der Waals surface area contributed by atoms with Crippen molar-refractivity contribution in [3.8, 4) is 17.0 Å². The van der Waals surface area contributed by atoms with Crippen LogP contribution in [-0.2, 0) is 0 Å². The molecule has 2 heterocycles. The smallest absolute Gasteiger partial charge is 0.251 e. The summed E-state index contributed by atoms with van der Waals surface area (Å²) in [7, 11) is 1.60. The van der Waals surface area contributed by atoms with Crippen molar-refractivity contribution in [2.75, 3.05) is 7.11 Å². The lowest BCUT2D eigenvalue weighted by atomic mass is 10.1. The summed E-state index contributed by atoms with van der Waals surface area (Å²) in [6.07, 6.45) is 3.30. The number of hydrogen-bond acceptors (Lipinski definition) is 4. The minimum atomic E-state index is -0.215. The van der Waals surface area contributed by atoms with Gasteiger partial charge in [0.2, 0.25) is 0 Å². The molecule has 2 aromatic heterocycles. The molecule has 1 atom stereocenters. The maximum atomic E-state index is 12.5. The van der Waals surface area contributed by atoms with Crippen molar-refractivity contribution in [2.45, 2.75) is 13.0 Å². The van der Waals surface area contributed by atoms with Crippen LogP contribution in [0.25, 0.3) is 11.3 Å². The van der Waals surface area contributed by atoms with Gasteiger partial charge in [-0.25, -0.2) is 0 Å². The van der Waals surface area contributed by atoms with Crippen LogP contribution < -0.4 is 10.1 Å². The van der Waals surface area contributed by atoms with Gasteiger partial charge in [-0.2, -0.15) is 0 Å².